The molecule has 1 aromatic carbocycles. The fraction of sp³-hybridized carbons (Fsp3) is 0.308. The Bertz CT molecular complexity index is 645. The maximum Gasteiger partial charge on any atom is 0.162 e. The second kappa shape index (κ2) is 3.94. The highest BCUT2D eigenvalue weighted by atomic mass is 16.2. The van der Waals surface area contributed by atoms with Crippen LogP contribution in [0.1, 0.15) is 12.8 Å². The normalized spacial score (nSPS) is 19.7. The standard InChI is InChI=1S/C13H13N3O2/c1-16-7-14-13-9(3-2-4-11(13)16)15-10-5-8(17)6-12(10)18/h2-4,7,10,15H,5-6H2,1H3. The molecule has 0 bridgehead atoms. The Morgan fingerprint density at radius 3 is 2.94 bits per heavy atom. The first-order chi connectivity index (χ1) is 8.65. The lowest BCUT2D eigenvalue weighted by Gasteiger charge is -2.12. The van der Waals surface area contributed by atoms with Gasteiger partial charge in [0.2, 0.25) is 0 Å². The minimum atomic E-state index is -0.398. The van der Waals surface area contributed by atoms with E-state index >= 15 is 0 Å². The quantitative estimate of drug-likeness (QED) is 0.807. The zero-order valence-electron chi connectivity index (χ0n) is 10.0. The summed E-state index contributed by atoms with van der Waals surface area (Å²) in [6, 6.07) is 5.36. The minimum absolute atomic E-state index is 0.00527. The molecule has 1 saturated carbocycles. The van der Waals surface area contributed by atoms with Gasteiger partial charge in [0, 0.05) is 13.5 Å². The van der Waals surface area contributed by atoms with Crippen molar-refractivity contribution in [2.75, 3.05) is 5.32 Å². The van der Waals surface area contributed by atoms with Gasteiger partial charge in [-0.15, -0.1) is 0 Å². The highest BCUT2D eigenvalue weighted by molar-refractivity contribution is 6.10. The van der Waals surface area contributed by atoms with Gasteiger partial charge in [0.25, 0.3) is 0 Å². The molecule has 92 valence electrons. The molecule has 1 fully saturated rings. The van der Waals surface area contributed by atoms with Crippen molar-refractivity contribution in [3.05, 3.63) is 24.5 Å². The van der Waals surface area contributed by atoms with Gasteiger partial charge in [0.1, 0.15) is 11.3 Å². The number of rotatable bonds is 2. The second-order valence-corrected chi connectivity index (χ2v) is 4.61. The summed E-state index contributed by atoms with van der Waals surface area (Å²) in [6.07, 6.45) is 2.06. The number of aromatic nitrogens is 2. The van der Waals surface area contributed by atoms with E-state index in [1.807, 2.05) is 29.8 Å². The number of benzene rings is 1. The molecule has 0 spiro atoms. The van der Waals surface area contributed by atoms with E-state index < -0.39 is 6.04 Å². The van der Waals surface area contributed by atoms with Gasteiger partial charge in [-0.1, -0.05) is 6.07 Å². The Balaban J connectivity index is 1.95. The molecule has 3 rings (SSSR count). The van der Waals surface area contributed by atoms with Crippen molar-refractivity contribution < 1.29 is 9.59 Å². The lowest BCUT2D eigenvalue weighted by Crippen LogP contribution is -2.23. The third kappa shape index (κ3) is 1.68. The van der Waals surface area contributed by atoms with E-state index in [0.717, 1.165) is 16.7 Å². The van der Waals surface area contributed by atoms with Crippen molar-refractivity contribution in [3.63, 3.8) is 0 Å². The summed E-state index contributed by atoms with van der Waals surface area (Å²) in [5, 5.41) is 3.13. The summed E-state index contributed by atoms with van der Waals surface area (Å²) < 4.78 is 1.92. The fourth-order valence-corrected chi connectivity index (χ4v) is 2.33. The predicted molar refractivity (Wildman–Crippen MR) is 67.4 cm³/mol. The Labute approximate surface area is 104 Å². The number of fused-ring (bicyclic) bond motifs is 1. The zero-order valence-corrected chi connectivity index (χ0v) is 10.0. The van der Waals surface area contributed by atoms with Gasteiger partial charge in [-0.2, -0.15) is 0 Å². The van der Waals surface area contributed by atoms with Gasteiger partial charge in [0.05, 0.1) is 30.0 Å². The molecule has 1 aliphatic carbocycles. The maximum absolute atomic E-state index is 11.6. The van der Waals surface area contributed by atoms with Gasteiger partial charge in [0.15, 0.2) is 5.78 Å². The van der Waals surface area contributed by atoms with E-state index in [0.29, 0.717) is 0 Å². The Morgan fingerprint density at radius 1 is 1.39 bits per heavy atom. The number of para-hydroxylation sites is 1. The van der Waals surface area contributed by atoms with Gasteiger partial charge < -0.3 is 9.88 Å². The number of imidazole rings is 1. The molecular formula is C13H13N3O2. The topological polar surface area (TPSA) is 64.0 Å². The van der Waals surface area contributed by atoms with Crippen molar-refractivity contribution >= 4 is 28.3 Å². The average molecular weight is 243 g/mol. The van der Waals surface area contributed by atoms with Crippen LogP contribution in [0.15, 0.2) is 24.5 Å². The van der Waals surface area contributed by atoms with Crippen molar-refractivity contribution in [2.45, 2.75) is 18.9 Å². The second-order valence-electron chi connectivity index (χ2n) is 4.61. The minimum Gasteiger partial charge on any atom is -0.373 e. The van der Waals surface area contributed by atoms with Crippen molar-refractivity contribution in [2.24, 2.45) is 7.05 Å². The monoisotopic (exact) mass is 243 g/mol. The molecule has 1 unspecified atom stereocenters. The lowest BCUT2D eigenvalue weighted by atomic mass is 10.2. The summed E-state index contributed by atoms with van der Waals surface area (Å²) in [4.78, 5) is 27.2. The first kappa shape index (κ1) is 11.0. The number of aryl methyl sites for hydroxylation is 1. The number of carbonyl (C=O) groups is 2. The number of anilines is 1. The van der Waals surface area contributed by atoms with Crippen LogP contribution in [0.5, 0.6) is 0 Å². The Morgan fingerprint density at radius 2 is 2.22 bits per heavy atom. The van der Waals surface area contributed by atoms with Crippen molar-refractivity contribution in [1.82, 2.24) is 9.55 Å². The third-order valence-corrected chi connectivity index (χ3v) is 3.28. The van der Waals surface area contributed by atoms with E-state index in [1.165, 1.54) is 0 Å². The van der Waals surface area contributed by atoms with E-state index in [2.05, 4.69) is 10.3 Å². The highest BCUT2D eigenvalue weighted by Crippen LogP contribution is 2.24. The highest BCUT2D eigenvalue weighted by Gasteiger charge is 2.31. The molecular weight excluding hydrogens is 230 g/mol. The van der Waals surface area contributed by atoms with Crippen LogP contribution in [0, 0.1) is 0 Å². The van der Waals surface area contributed by atoms with Crippen molar-refractivity contribution in [3.8, 4) is 0 Å². The lowest BCUT2D eigenvalue weighted by molar-refractivity contribution is -0.121. The van der Waals surface area contributed by atoms with Gasteiger partial charge in [-0.3, -0.25) is 9.59 Å². The number of nitrogens with zero attached hydrogens (tertiary/aromatic N) is 2. The molecule has 1 N–H and O–H groups in total. The summed E-state index contributed by atoms with van der Waals surface area (Å²) in [5.41, 5.74) is 2.63. The number of carbonyl (C=O) groups excluding carboxylic acids is 2. The number of Topliss-reactive ketones (excluding diaryl/α,β-unsaturated/α-hetero) is 2. The van der Waals surface area contributed by atoms with Crippen LogP contribution in [0.3, 0.4) is 0 Å². The molecule has 5 heteroatoms. The Kier molecular flexibility index (Phi) is 2.40. The van der Waals surface area contributed by atoms with E-state index in [4.69, 9.17) is 0 Å². The first-order valence-corrected chi connectivity index (χ1v) is 5.86. The number of ketones is 2. The van der Waals surface area contributed by atoms with Crippen LogP contribution >= 0.6 is 0 Å². The summed E-state index contributed by atoms with van der Waals surface area (Å²) in [6.45, 7) is 0. The maximum atomic E-state index is 11.6. The van der Waals surface area contributed by atoms with Gasteiger partial charge in [-0.05, 0) is 12.1 Å². The van der Waals surface area contributed by atoms with Crippen molar-refractivity contribution in [1.29, 1.82) is 0 Å². The molecule has 5 nitrogen and oxygen atoms in total. The van der Waals surface area contributed by atoms with Crippen LogP contribution < -0.4 is 5.32 Å². The molecule has 2 aromatic rings. The molecule has 1 heterocycles. The van der Waals surface area contributed by atoms with Crippen LogP contribution in [0.4, 0.5) is 5.69 Å². The molecule has 1 aliphatic rings. The first-order valence-electron chi connectivity index (χ1n) is 5.86. The SMILES string of the molecule is Cn1cnc2c(NC3CC(=O)CC3=O)cccc21. The smallest absolute Gasteiger partial charge is 0.162 e. The van der Waals surface area contributed by atoms with E-state index in [1.54, 1.807) is 6.33 Å². The molecule has 0 aliphatic heterocycles. The molecule has 18 heavy (non-hydrogen) atoms. The molecule has 1 atom stereocenters. The molecule has 0 amide bonds. The number of hydrogen-bond donors (Lipinski definition) is 1. The van der Waals surface area contributed by atoms with E-state index in [9.17, 15) is 9.59 Å². The zero-order chi connectivity index (χ0) is 12.7. The van der Waals surface area contributed by atoms with Crippen LogP contribution in [-0.4, -0.2) is 27.2 Å². The average Bonchev–Trinajstić information content (AvgIpc) is 2.85. The van der Waals surface area contributed by atoms with Gasteiger partial charge >= 0.3 is 0 Å². The predicted octanol–water partition coefficient (Wildman–Crippen LogP) is 1.29. The fourth-order valence-electron chi connectivity index (χ4n) is 2.33. The molecule has 0 radical (unpaired) electrons. The number of nitrogens with one attached hydrogen (secondary N) is 1. The molecule has 0 saturated heterocycles. The summed E-state index contributed by atoms with van der Waals surface area (Å²) in [5.74, 6) is -0.0290. The number of hydrogen-bond acceptors (Lipinski definition) is 4. The van der Waals surface area contributed by atoms with Crippen LogP contribution in [-0.2, 0) is 16.6 Å². The third-order valence-electron chi connectivity index (χ3n) is 3.28. The summed E-state index contributed by atoms with van der Waals surface area (Å²) in [7, 11) is 1.92. The molecule has 1 aromatic heterocycles. The van der Waals surface area contributed by atoms with E-state index in [-0.39, 0.29) is 24.4 Å². The van der Waals surface area contributed by atoms with Crippen LogP contribution in [0.25, 0.3) is 11.0 Å². The summed E-state index contributed by atoms with van der Waals surface area (Å²) >= 11 is 0. The largest absolute Gasteiger partial charge is 0.373 e. The van der Waals surface area contributed by atoms with Gasteiger partial charge in [-0.25, -0.2) is 4.98 Å². The van der Waals surface area contributed by atoms with Crippen LogP contribution in [0.2, 0.25) is 0 Å². The Hall–Kier alpha value is -2.17.